The molecule has 0 fully saturated rings. The number of primary amides is 1. The summed E-state index contributed by atoms with van der Waals surface area (Å²) in [7, 11) is 3.21. The minimum atomic E-state index is -2.65. The molecule has 1 aromatic rings. The zero-order valence-electron chi connectivity index (χ0n) is 22.9. The minimum Gasteiger partial charge on any atom is -0.510 e. The Hall–Kier alpha value is -3.87. The molecule has 0 saturated heterocycles. The number of likely N-dealkylation sites (N-methyl/N-ethyl adjacent to an activating group) is 1. The minimum absolute atomic E-state index is 0.00190. The van der Waals surface area contributed by atoms with E-state index in [-0.39, 0.29) is 29.7 Å². The molecule has 0 spiro atoms. The van der Waals surface area contributed by atoms with Gasteiger partial charge in [0.15, 0.2) is 11.4 Å². The van der Waals surface area contributed by atoms with Gasteiger partial charge in [0.2, 0.25) is 5.78 Å². The molecular formula is C31H34N2O7. The molecule has 0 aliphatic heterocycles. The van der Waals surface area contributed by atoms with Gasteiger partial charge in [-0.15, -0.1) is 0 Å². The first-order valence-corrected chi connectivity index (χ1v) is 13.7. The van der Waals surface area contributed by atoms with Crippen LogP contribution in [0.2, 0.25) is 0 Å². The van der Waals surface area contributed by atoms with Gasteiger partial charge in [0.25, 0.3) is 5.91 Å². The van der Waals surface area contributed by atoms with Gasteiger partial charge in [-0.25, -0.2) is 0 Å². The first kappa shape index (κ1) is 27.7. The smallest absolute Gasteiger partial charge is 0.255 e. The summed E-state index contributed by atoms with van der Waals surface area (Å²) in [5.41, 5.74) is 4.51. The molecule has 210 valence electrons. The molecule has 0 saturated carbocycles. The molecule has 0 heterocycles. The Morgan fingerprint density at radius 3 is 2.50 bits per heavy atom. The average molecular weight is 547 g/mol. The number of nitrogens with zero attached hydrogens (tertiary/aromatic N) is 1. The van der Waals surface area contributed by atoms with Crippen molar-refractivity contribution in [3.8, 4) is 17.6 Å². The first-order chi connectivity index (χ1) is 18.9. The van der Waals surface area contributed by atoms with Gasteiger partial charge in [0.1, 0.15) is 22.8 Å². The third-order valence-corrected chi connectivity index (χ3v) is 8.84. The number of nitrogens with two attached hydrogens (primary N) is 1. The quantitative estimate of drug-likeness (QED) is 0.285. The van der Waals surface area contributed by atoms with Crippen LogP contribution in [0.15, 0.2) is 40.4 Å². The second kappa shape index (κ2) is 9.95. The number of allylic oxidation sites excluding steroid dienone is 3. The van der Waals surface area contributed by atoms with Crippen LogP contribution in [0.1, 0.15) is 66.1 Å². The number of aromatic hydroxyl groups is 1. The first-order valence-electron chi connectivity index (χ1n) is 13.7. The van der Waals surface area contributed by atoms with Crippen molar-refractivity contribution in [3.05, 3.63) is 62.6 Å². The lowest BCUT2D eigenvalue weighted by Crippen LogP contribution is -2.63. The Morgan fingerprint density at radius 1 is 1.18 bits per heavy atom. The highest BCUT2D eigenvalue weighted by atomic mass is 16.3. The molecule has 9 heteroatoms. The number of carbonyl (C=O) groups is 3. The molecule has 0 radical (unpaired) electrons. The molecule has 4 aliphatic carbocycles. The van der Waals surface area contributed by atoms with Crippen molar-refractivity contribution in [3.63, 3.8) is 0 Å². The number of phenols is 1. The number of carbonyl (C=O) groups excluding carboxylic acids is 3. The summed E-state index contributed by atoms with van der Waals surface area (Å²) in [4.78, 5) is 41.1. The third kappa shape index (κ3) is 3.97. The molecule has 0 unspecified atom stereocenters. The molecule has 0 aromatic heterocycles. The number of ketones is 2. The molecule has 1 amide bonds. The second-order valence-corrected chi connectivity index (χ2v) is 11.3. The number of hydrogen-bond acceptors (Lipinski definition) is 8. The van der Waals surface area contributed by atoms with Gasteiger partial charge in [-0.05, 0) is 87.7 Å². The Labute approximate surface area is 232 Å². The van der Waals surface area contributed by atoms with Crippen LogP contribution in [0.3, 0.4) is 0 Å². The average Bonchev–Trinajstić information content (AvgIpc) is 2.90. The van der Waals surface area contributed by atoms with Crippen LogP contribution in [0.25, 0.3) is 0 Å². The summed E-state index contributed by atoms with van der Waals surface area (Å²) in [5.74, 6) is -0.455. The molecule has 4 aliphatic rings. The summed E-state index contributed by atoms with van der Waals surface area (Å²) in [5, 5.41) is 45.4. The van der Waals surface area contributed by atoms with Crippen molar-refractivity contribution in [2.24, 2.45) is 17.6 Å². The highest BCUT2D eigenvalue weighted by molar-refractivity contribution is 6.24. The number of phenolic OH excluding ortho intramolecular Hbond substituents is 1. The number of Topliss-reactive ketones (excluding diaryl/α,β-unsaturated/α-hetero) is 2. The van der Waals surface area contributed by atoms with Crippen LogP contribution in [0.4, 0.5) is 0 Å². The standard InChI is InChI=1S/C31H34N2O7/c1-4-16-12-17(11-10-15-8-6-5-7-9-15)25(34)22-19(16)13-18-14-20-24(33(2)3)27(36)23(30(32)39)29(38)31(20,40)28(37)21(18)26(22)35/h8,12,18,20,24,34,36-37,40H,4-7,9,13-14H2,1-3H3,(H2,32,39)/t18-,20-,24-,31-/m1/s1. The van der Waals surface area contributed by atoms with E-state index in [9.17, 15) is 34.8 Å². The third-order valence-electron chi connectivity index (χ3n) is 8.84. The summed E-state index contributed by atoms with van der Waals surface area (Å²) >= 11 is 0. The Morgan fingerprint density at radius 2 is 1.90 bits per heavy atom. The van der Waals surface area contributed by atoms with Crippen molar-refractivity contribution in [2.45, 2.75) is 63.5 Å². The van der Waals surface area contributed by atoms with Gasteiger partial charge in [0.05, 0.1) is 17.2 Å². The zero-order chi connectivity index (χ0) is 29.1. The number of aliphatic hydroxyl groups is 3. The largest absolute Gasteiger partial charge is 0.510 e. The van der Waals surface area contributed by atoms with E-state index in [0.717, 1.165) is 36.8 Å². The second-order valence-electron chi connectivity index (χ2n) is 11.3. The van der Waals surface area contributed by atoms with Crippen molar-refractivity contribution in [1.82, 2.24) is 4.90 Å². The van der Waals surface area contributed by atoms with Crippen LogP contribution >= 0.6 is 0 Å². The van der Waals surface area contributed by atoms with Crippen LogP contribution in [0, 0.1) is 23.7 Å². The van der Waals surface area contributed by atoms with Gasteiger partial charge < -0.3 is 26.2 Å². The van der Waals surface area contributed by atoms with E-state index in [1.807, 2.05) is 6.92 Å². The van der Waals surface area contributed by atoms with E-state index in [0.29, 0.717) is 17.5 Å². The number of fused-ring (bicyclic) bond motifs is 3. The van der Waals surface area contributed by atoms with Crippen molar-refractivity contribution in [2.75, 3.05) is 14.1 Å². The maximum atomic E-state index is 14.0. The van der Waals surface area contributed by atoms with Gasteiger partial charge in [-0.1, -0.05) is 24.8 Å². The lowest BCUT2D eigenvalue weighted by Gasteiger charge is -2.50. The van der Waals surface area contributed by atoms with Crippen molar-refractivity contribution in [1.29, 1.82) is 0 Å². The predicted octanol–water partition coefficient (Wildman–Crippen LogP) is 2.53. The Bertz CT molecular complexity index is 1500. The lowest BCUT2D eigenvalue weighted by molar-refractivity contribution is -0.148. The van der Waals surface area contributed by atoms with E-state index in [1.54, 1.807) is 20.2 Å². The van der Waals surface area contributed by atoms with E-state index >= 15 is 0 Å². The van der Waals surface area contributed by atoms with Crippen LogP contribution in [0.5, 0.6) is 5.75 Å². The van der Waals surface area contributed by atoms with Gasteiger partial charge >= 0.3 is 0 Å². The van der Waals surface area contributed by atoms with E-state index < -0.39 is 58.0 Å². The highest BCUT2D eigenvalue weighted by Gasteiger charge is 2.63. The molecule has 9 nitrogen and oxygen atoms in total. The van der Waals surface area contributed by atoms with Gasteiger partial charge in [-0.3, -0.25) is 19.3 Å². The SMILES string of the molecule is CCc1cc(C#CC2=CCCCC2)c(O)c2c1C[C@@H]1C[C@@H]3[C@@H](N(C)C)C(O)=C(C(N)=O)C(=O)[C@]3(O)C(O)=C1C2=O. The van der Waals surface area contributed by atoms with Gasteiger partial charge in [-0.2, -0.15) is 0 Å². The number of rotatable bonds is 3. The maximum absolute atomic E-state index is 14.0. The fourth-order valence-corrected chi connectivity index (χ4v) is 6.91. The molecular weight excluding hydrogens is 512 g/mol. The fraction of sp³-hybridized carbons (Fsp3) is 0.452. The van der Waals surface area contributed by atoms with Crippen LogP contribution in [-0.4, -0.2) is 68.5 Å². The number of amides is 1. The molecule has 1 aromatic carbocycles. The number of benzene rings is 1. The normalized spacial score (nSPS) is 27.9. The summed E-state index contributed by atoms with van der Waals surface area (Å²) in [6, 6.07) is 0.780. The highest BCUT2D eigenvalue weighted by Crippen LogP contribution is 2.52. The molecule has 5 rings (SSSR count). The zero-order valence-corrected chi connectivity index (χ0v) is 22.9. The van der Waals surface area contributed by atoms with E-state index in [1.165, 1.54) is 4.90 Å². The molecule has 6 N–H and O–H groups in total. The number of aliphatic hydroxyl groups excluding tert-OH is 2. The van der Waals surface area contributed by atoms with Crippen molar-refractivity contribution < 1.29 is 34.8 Å². The van der Waals surface area contributed by atoms with E-state index in [4.69, 9.17) is 5.73 Å². The van der Waals surface area contributed by atoms with Gasteiger partial charge in [0, 0.05) is 11.5 Å². The monoisotopic (exact) mass is 546 g/mol. The Balaban J connectivity index is 1.68. The van der Waals surface area contributed by atoms with Crippen LogP contribution in [-0.2, 0) is 22.4 Å². The summed E-state index contributed by atoms with van der Waals surface area (Å²) in [6.07, 6.45) is 6.96. The Kier molecular flexibility index (Phi) is 6.89. The predicted molar refractivity (Wildman–Crippen MR) is 146 cm³/mol. The topological polar surface area (TPSA) is 161 Å². The van der Waals surface area contributed by atoms with E-state index in [2.05, 4.69) is 17.9 Å². The maximum Gasteiger partial charge on any atom is 0.255 e. The number of hydrogen-bond donors (Lipinski definition) is 5. The summed E-state index contributed by atoms with van der Waals surface area (Å²) in [6.45, 7) is 1.94. The molecule has 4 atom stereocenters. The van der Waals surface area contributed by atoms with Crippen LogP contribution < -0.4 is 5.73 Å². The number of aryl methyl sites for hydroxylation is 1. The lowest BCUT2D eigenvalue weighted by atomic mass is 9.58. The summed E-state index contributed by atoms with van der Waals surface area (Å²) < 4.78 is 0. The molecule has 40 heavy (non-hydrogen) atoms. The molecule has 0 bridgehead atoms. The fourth-order valence-electron chi connectivity index (χ4n) is 6.91. The van der Waals surface area contributed by atoms with Crippen molar-refractivity contribution >= 4 is 17.5 Å².